The van der Waals surface area contributed by atoms with Crippen molar-refractivity contribution in [2.24, 2.45) is 10.5 Å². The summed E-state index contributed by atoms with van der Waals surface area (Å²) in [6.45, 7) is 4.36. The fraction of sp³-hybridized carbons (Fsp3) is 1.00. The molecule has 0 amide bonds. The summed E-state index contributed by atoms with van der Waals surface area (Å²) in [6, 6.07) is 0. The van der Waals surface area contributed by atoms with Gasteiger partial charge in [0.1, 0.15) is 0 Å². The molecule has 0 aromatic carbocycles. The molecular weight excluding hydrogens is 130 g/mol. The van der Waals surface area contributed by atoms with Crippen LogP contribution in [-0.2, 0) is 4.74 Å². The van der Waals surface area contributed by atoms with Gasteiger partial charge < -0.3 is 4.74 Å². The first-order valence-corrected chi connectivity index (χ1v) is 3.35. The van der Waals surface area contributed by atoms with Crippen LogP contribution >= 0.6 is 0 Å². The third-order valence-corrected chi connectivity index (χ3v) is 1.78. The summed E-state index contributed by atoms with van der Waals surface area (Å²) in [5.41, 5.74) is 8.27. The van der Waals surface area contributed by atoms with Crippen LogP contribution in [0.25, 0.3) is 10.4 Å². The highest BCUT2D eigenvalue weighted by atomic mass is 16.5. The maximum atomic E-state index is 7.98. The number of azide groups is 1. The van der Waals surface area contributed by atoms with Gasteiger partial charge in [0.05, 0.1) is 13.2 Å². The standard InChI is InChI=1S/C6H11N3O/c1-6(4-10-5-6)2-3-8-9-7/h2-5H2,1H3. The van der Waals surface area contributed by atoms with Gasteiger partial charge in [-0.05, 0) is 12.0 Å². The van der Waals surface area contributed by atoms with Crippen LogP contribution in [0.4, 0.5) is 0 Å². The Morgan fingerprint density at radius 2 is 2.40 bits per heavy atom. The van der Waals surface area contributed by atoms with Crippen LogP contribution in [-0.4, -0.2) is 19.8 Å². The van der Waals surface area contributed by atoms with Gasteiger partial charge in [0.2, 0.25) is 0 Å². The first-order chi connectivity index (χ1) is 4.77. The van der Waals surface area contributed by atoms with E-state index in [1.165, 1.54) is 0 Å². The molecule has 0 atom stereocenters. The molecule has 0 saturated carbocycles. The lowest BCUT2D eigenvalue weighted by Gasteiger charge is -2.37. The zero-order valence-corrected chi connectivity index (χ0v) is 6.08. The molecule has 4 nitrogen and oxygen atoms in total. The maximum Gasteiger partial charge on any atom is 0.0542 e. The van der Waals surface area contributed by atoms with Gasteiger partial charge in [-0.1, -0.05) is 12.0 Å². The van der Waals surface area contributed by atoms with Gasteiger partial charge in [0, 0.05) is 16.9 Å². The molecule has 0 aromatic heterocycles. The fourth-order valence-electron chi connectivity index (χ4n) is 0.959. The van der Waals surface area contributed by atoms with E-state index < -0.39 is 0 Å². The lowest BCUT2D eigenvalue weighted by atomic mass is 9.85. The molecule has 1 fully saturated rings. The molecule has 1 saturated heterocycles. The Labute approximate surface area is 59.8 Å². The SMILES string of the molecule is CC1(CCN=[N+]=[N-])COC1. The summed E-state index contributed by atoms with van der Waals surface area (Å²) in [6.07, 6.45) is 0.942. The highest BCUT2D eigenvalue weighted by Gasteiger charge is 2.32. The van der Waals surface area contributed by atoms with Gasteiger partial charge in [-0.3, -0.25) is 0 Å². The van der Waals surface area contributed by atoms with Crippen molar-refractivity contribution in [2.75, 3.05) is 19.8 Å². The van der Waals surface area contributed by atoms with E-state index in [0.29, 0.717) is 6.54 Å². The predicted octanol–water partition coefficient (Wildman–Crippen LogP) is 1.72. The topological polar surface area (TPSA) is 58.0 Å². The van der Waals surface area contributed by atoms with Crippen molar-refractivity contribution in [3.8, 4) is 0 Å². The summed E-state index contributed by atoms with van der Waals surface area (Å²) >= 11 is 0. The second kappa shape index (κ2) is 2.90. The highest BCUT2D eigenvalue weighted by molar-refractivity contribution is 4.81. The van der Waals surface area contributed by atoms with Crippen molar-refractivity contribution >= 4 is 0 Å². The average molecular weight is 141 g/mol. The Hall–Kier alpha value is -0.730. The quantitative estimate of drug-likeness (QED) is 0.335. The molecule has 0 aliphatic carbocycles. The average Bonchev–Trinajstić information content (AvgIpc) is 1.85. The van der Waals surface area contributed by atoms with Gasteiger partial charge in [-0.15, -0.1) is 0 Å². The third-order valence-electron chi connectivity index (χ3n) is 1.78. The Morgan fingerprint density at radius 1 is 1.70 bits per heavy atom. The number of nitrogens with zero attached hydrogens (tertiary/aromatic N) is 3. The van der Waals surface area contributed by atoms with Crippen LogP contribution in [0, 0.1) is 5.41 Å². The summed E-state index contributed by atoms with van der Waals surface area (Å²) in [5, 5.41) is 3.46. The van der Waals surface area contributed by atoms with Crippen molar-refractivity contribution in [3.05, 3.63) is 10.4 Å². The van der Waals surface area contributed by atoms with Crippen LogP contribution in [0.2, 0.25) is 0 Å². The van der Waals surface area contributed by atoms with E-state index in [1.54, 1.807) is 0 Å². The van der Waals surface area contributed by atoms with E-state index in [-0.39, 0.29) is 5.41 Å². The molecule has 1 aliphatic heterocycles. The first-order valence-electron chi connectivity index (χ1n) is 3.35. The molecule has 0 bridgehead atoms. The Bertz CT molecular complexity index is 158. The van der Waals surface area contributed by atoms with Gasteiger partial charge in [-0.2, -0.15) is 0 Å². The molecule has 1 rings (SSSR count). The van der Waals surface area contributed by atoms with Crippen molar-refractivity contribution < 1.29 is 4.74 Å². The lowest BCUT2D eigenvalue weighted by Crippen LogP contribution is -2.40. The minimum Gasteiger partial charge on any atom is -0.380 e. The molecule has 1 heterocycles. The molecule has 0 unspecified atom stereocenters. The summed E-state index contributed by atoms with van der Waals surface area (Å²) in [5.74, 6) is 0. The molecule has 0 N–H and O–H groups in total. The third kappa shape index (κ3) is 1.62. The van der Waals surface area contributed by atoms with Gasteiger partial charge in [-0.25, -0.2) is 0 Å². The van der Waals surface area contributed by atoms with E-state index in [2.05, 4.69) is 16.9 Å². The minimum atomic E-state index is 0.286. The molecule has 0 aromatic rings. The van der Waals surface area contributed by atoms with Gasteiger partial charge in [0.15, 0.2) is 0 Å². The molecule has 1 aliphatic rings. The predicted molar refractivity (Wildman–Crippen MR) is 37.6 cm³/mol. The van der Waals surface area contributed by atoms with E-state index in [1.807, 2.05) is 0 Å². The summed E-state index contributed by atoms with van der Waals surface area (Å²) in [7, 11) is 0. The van der Waals surface area contributed by atoms with Crippen molar-refractivity contribution in [3.63, 3.8) is 0 Å². The molecule has 0 radical (unpaired) electrons. The van der Waals surface area contributed by atoms with Crippen LogP contribution in [0.15, 0.2) is 5.11 Å². The smallest absolute Gasteiger partial charge is 0.0542 e. The maximum absolute atomic E-state index is 7.98. The van der Waals surface area contributed by atoms with E-state index in [0.717, 1.165) is 19.6 Å². The number of hydrogen-bond acceptors (Lipinski definition) is 2. The Balaban J connectivity index is 2.17. The number of hydrogen-bond donors (Lipinski definition) is 0. The highest BCUT2D eigenvalue weighted by Crippen LogP contribution is 2.30. The number of ether oxygens (including phenoxy) is 1. The largest absolute Gasteiger partial charge is 0.380 e. The Morgan fingerprint density at radius 3 is 2.80 bits per heavy atom. The van der Waals surface area contributed by atoms with E-state index in [9.17, 15) is 0 Å². The Kier molecular flexibility index (Phi) is 2.14. The fourth-order valence-corrected chi connectivity index (χ4v) is 0.959. The summed E-state index contributed by atoms with van der Waals surface area (Å²) in [4.78, 5) is 2.68. The monoisotopic (exact) mass is 141 g/mol. The lowest BCUT2D eigenvalue weighted by molar-refractivity contribution is -0.104. The molecule has 10 heavy (non-hydrogen) atoms. The zero-order chi connectivity index (χ0) is 7.45. The van der Waals surface area contributed by atoms with Crippen LogP contribution in [0.1, 0.15) is 13.3 Å². The van der Waals surface area contributed by atoms with Crippen LogP contribution in [0.5, 0.6) is 0 Å². The molecule has 56 valence electrons. The second-order valence-corrected chi connectivity index (χ2v) is 3.01. The van der Waals surface area contributed by atoms with Crippen molar-refractivity contribution in [1.29, 1.82) is 0 Å². The van der Waals surface area contributed by atoms with Crippen LogP contribution < -0.4 is 0 Å². The van der Waals surface area contributed by atoms with Crippen molar-refractivity contribution in [1.82, 2.24) is 0 Å². The normalized spacial score (nSPS) is 20.9. The number of rotatable bonds is 3. The van der Waals surface area contributed by atoms with E-state index >= 15 is 0 Å². The minimum absolute atomic E-state index is 0.286. The zero-order valence-electron chi connectivity index (χ0n) is 6.08. The van der Waals surface area contributed by atoms with E-state index in [4.69, 9.17) is 10.3 Å². The summed E-state index contributed by atoms with van der Waals surface area (Å²) < 4.78 is 5.03. The van der Waals surface area contributed by atoms with Crippen LogP contribution in [0.3, 0.4) is 0 Å². The first kappa shape index (κ1) is 7.38. The molecular formula is C6H11N3O. The van der Waals surface area contributed by atoms with Gasteiger partial charge >= 0.3 is 0 Å². The second-order valence-electron chi connectivity index (χ2n) is 3.01. The molecule has 4 heteroatoms. The van der Waals surface area contributed by atoms with Gasteiger partial charge in [0.25, 0.3) is 0 Å². The molecule has 0 spiro atoms. The van der Waals surface area contributed by atoms with Crippen molar-refractivity contribution in [2.45, 2.75) is 13.3 Å².